The second-order valence-corrected chi connectivity index (χ2v) is 6.38. The molecular formula is C19H35N5O6. The number of nitrogens with one attached hydrogen (secondary N) is 2. The van der Waals surface area contributed by atoms with Crippen LogP contribution in [0.1, 0.15) is 25.5 Å². The fourth-order valence-electron chi connectivity index (χ4n) is 2.21. The zero-order chi connectivity index (χ0) is 21.9. The van der Waals surface area contributed by atoms with Crippen molar-refractivity contribution in [1.82, 2.24) is 25.6 Å². The maximum absolute atomic E-state index is 11.7. The Balaban J connectivity index is 1.77. The second kappa shape index (κ2) is 17.8. The molecule has 0 aromatic carbocycles. The monoisotopic (exact) mass is 429 g/mol. The van der Waals surface area contributed by atoms with Crippen molar-refractivity contribution in [1.29, 1.82) is 0 Å². The molecule has 0 unspecified atom stereocenters. The molecule has 11 nitrogen and oxygen atoms in total. The Morgan fingerprint density at radius 3 is 2.00 bits per heavy atom. The second-order valence-electron chi connectivity index (χ2n) is 6.38. The van der Waals surface area contributed by atoms with Gasteiger partial charge in [-0.25, -0.2) is 4.68 Å². The SMILES string of the molecule is CCC(=O)NCCOCCOCCC(=O)NCCOCCOCCn1cc(C)nn1. The summed E-state index contributed by atoms with van der Waals surface area (Å²) in [5, 5.41) is 13.3. The van der Waals surface area contributed by atoms with Gasteiger partial charge in [0.05, 0.1) is 65.1 Å². The van der Waals surface area contributed by atoms with Gasteiger partial charge in [-0.15, -0.1) is 5.10 Å². The number of nitrogens with zero attached hydrogens (tertiary/aromatic N) is 3. The minimum absolute atomic E-state index is 0.00835. The van der Waals surface area contributed by atoms with Gasteiger partial charge in [0.15, 0.2) is 0 Å². The number of carbonyl (C=O) groups excluding carboxylic acids is 2. The molecule has 0 aliphatic rings. The number of rotatable bonds is 19. The zero-order valence-electron chi connectivity index (χ0n) is 18.1. The van der Waals surface area contributed by atoms with Crippen LogP contribution in [0.4, 0.5) is 0 Å². The van der Waals surface area contributed by atoms with Crippen molar-refractivity contribution in [2.75, 3.05) is 65.9 Å². The first-order valence-corrected chi connectivity index (χ1v) is 10.3. The van der Waals surface area contributed by atoms with E-state index in [-0.39, 0.29) is 18.2 Å². The van der Waals surface area contributed by atoms with Gasteiger partial charge in [0.2, 0.25) is 11.8 Å². The maximum atomic E-state index is 11.7. The van der Waals surface area contributed by atoms with E-state index in [0.29, 0.717) is 78.9 Å². The van der Waals surface area contributed by atoms with E-state index in [1.807, 2.05) is 13.1 Å². The van der Waals surface area contributed by atoms with E-state index in [2.05, 4.69) is 20.9 Å². The Kier molecular flexibility index (Phi) is 15.4. The zero-order valence-corrected chi connectivity index (χ0v) is 18.1. The van der Waals surface area contributed by atoms with Crippen LogP contribution in [0.15, 0.2) is 6.20 Å². The fourth-order valence-corrected chi connectivity index (χ4v) is 2.21. The summed E-state index contributed by atoms with van der Waals surface area (Å²) < 4.78 is 23.2. The molecule has 11 heteroatoms. The smallest absolute Gasteiger partial charge is 0.222 e. The number of aryl methyl sites for hydroxylation is 1. The molecule has 0 fully saturated rings. The predicted octanol–water partition coefficient (Wildman–Crippen LogP) is -0.315. The molecule has 0 bridgehead atoms. The lowest BCUT2D eigenvalue weighted by molar-refractivity contribution is -0.122. The molecule has 1 aromatic rings. The van der Waals surface area contributed by atoms with Gasteiger partial charge in [0.25, 0.3) is 0 Å². The van der Waals surface area contributed by atoms with E-state index < -0.39 is 0 Å². The first kappa shape index (κ1) is 26.0. The lowest BCUT2D eigenvalue weighted by atomic mass is 10.4. The number of aromatic nitrogens is 3. The molecule has 2 amide bonds. The van der Waals surface area contributed by atoms with E-state index in [1.165, 1.54) is 0 Å². The molecular weight excluding hydrogens is 394 g/mol. The molecule has 1 heterocycles. The van der Waals surface area contributed by atoms with E-state index in [1.54, 1.807) is 11.6 Å². The van der Waals surface area contributed by atoms with E-state index in [9.17, 15) is 9.59 Å². The first-order chi connectivity index (χ1) is 14.6. The summed E-state index contributed by atoms with van der Waals surface area (Å²) in [7, 11) is 0. The van der Waals surface area contributed by atoms with Crippen LogP contribution in [-0.2, 0) is 35.1 Å². The van der Waals surface area contributed by atoms with Gasteiger partial charge in [-0.2, -0.15) is 0 Å². The summed E-state index contributed by atoms with van der Waals surface area (Å²) >= 11 is 0. The largest absolute Gasteiger partial charge is 0.379 e. The van der Waals surface area contributed by atoms with Crippen molar-refractivity contribution >= 4 is 11.8 Å². The third-order valence-electron chi connectivity index (χ3n) is 3.79. The molecule has 30 heavy (non-hydrogen) atoms. The molecule has 0 radical (unpaired) electrons. The van der Waals surface area contributed by atoms with Crippen molar-refractivity contribution in [3.05, 3.63) is 11.9 Å². The quantitative estimate of drug-likeness (QED) is 0.287. The van der Waals surface area contributed by atoms with Crippen LogP contribution < -0.4 is 10.6 Å². The summed E-state index contributed by atoms with van der Waals surface area (Å²) in [6.07, 6.45) is 2.62. The average Bonchev–Trinajstić information content (AvgIpc) is 3.16. The highest BCUT2D eigenvalue weighted by Gasteiger charge is 2.01. The van der Waals surface area contributed by atoms with Gasteiger partial charge in [-0.05, 0) is 6.92 Å². The molecule has 0 spiro atoms. The molecule has 0 saturated carbocycles. The van der Waals surface area contributed by atoms with Gasteiger partial charge in [0.1, 0.15) is 0 Å². The van der Waals surface area contributed by atoms with Gasteiger partial charge < -0.3 is 29.6 Å². The van der Waals surface area contributed by atoms with Crippen molar-refractivity contribution in [3.63, 3.8) is 0 Å². The average molecular weight is 430 g/mol. The molecule has 0 aliphatic heterocycles. The van der Waals surface area contributed by atoms with Gasteiger partial charge in [-0.1, -0.05) is 12.1 Å². The Hall–Kier alpha value is -2.08. The van der Waals surface area contributed by atoms with E-state index >= 15 is 0 Å². The molecule has 2 N–H and O–H groups in total. The summed E-state index contributed by atoms with van der Waals surface area (Å²) in [6, 6.07) is 0. The van der Waals surface area contributed by atoms with Crippen LogP contribution in [0, 0.1) is 6.92 Å². The highest BCUT2D eigenvalue weighted by molar-refractivity contribution is 5.76. The maximum Gasteiger partial charge on any atom is 0.222 e. The number of ether oxygens (including phenoxy) is 4. The number of carbonyl (C=O) groups is 2. The van der Waals surface area contributed by atoms with Crippen LogP contribution in [0.2, 0.25) is 0 Å². The molecule has 172 valence electrons. The van der Waals surface area contributed by atoms with Crippen LogP contribution >= 0.6 is 0 Å². The fraction of sp³-hybridized carbons (Fsp3) is 0.789. The molecule has 0 atom stereocenters. The van der Waals surface area contributed by atoms with Crippen molar-refractivity contribution < 1.29 is 28.5 Å². The molecule has 1 aromatic heterocycles. The Bertz CT molecular complexity index is 584. The summed E-state index contributed by atoms with van der Waals surface area (Å²) in [6.45, 7) is 8.84. The standard InChI is InChI=1S/C19H35N5O6/c1-3-18(25)20-5-9-28-13-12-27-8-4-19(26)21-6-10-29-14-15-30-11-7-24-16-17(2)22-23-24/h16H,3-15H2,1-2H3,(H,20,25)(H,21,26). The summed E-state index contributed by atoms with van der Waals surface area (Å²) in [5.74, 6) is -0.0739. The topological polar surface area (TPSA) is 126 Å². The Morgan fingerprint density at radius 2 is 1.43 bits per heavy atom. The molecule has 0 saturated heterocycles. The van der Waals surface area contributed by atoms with Crippen LogP contribution in [0.3, 0.4) is 0 Å². The van der Waals surface area contributed by atoms with Crippen molar-refractivity contribution in [3.8, 4) is 0 Å². The van der Waals surface area contributed by atoms with E-state index in [0.717, 1.165) is 5.69 Å². The van der Waals surface area contributed by atoms with Crippen LogP contribution in [0.25, 0.3) is 0 Å². The lowest BCUT2D eigenvalue weighted by Gasteiger charge is -2.08. The molecule has 1 rings (SSSR count). The summed E-state index contributed by atoms with van der Waals surface area (Å²) in [4.78, 5) is 22.7. The number of amides is 2. The highest BCUT2D eigenvalue weighted by Crippen LogP contribution is 1.90. The third-order valence-corrected chi connectivity index (χ3v) is 3.79. The molecule has 0 aliphatic carbocycles. The van der Waals surface area contributed by atoms with Crippen LogP contribution in [0.5, 0.6) is 0 Å². The van der Waals surface area contributed by atoms with E-state index in [4.69, 9.17) is 18.9 Å². The number of hydrogen-bond acceptors (Lipinski definition) is 8. The minimum Gasteiger partial charge on any atom is -0.379 e. The minimum atomic E-state index is -0.0822. The summed E-state index contributed by atoms with van der Waals surface area (Å²) in [5.41, 5.74) is 0.881. The van der Waals surface area contributed by atoms with Crippen molar-refractivity contribution in [2.24, 2.45) is 0 Å². The normalized spacial score (nSPS) is 10.9. The Morgan fingerprint density at radius 1 is 0.867 bits per heavy atom. The highest BCUT2D eigenvalue weighted by atomic mass is 16.5. The Labute approximate surface area is 177 Å². The van der Waals surface area contributed by atoms with Gasteiger partial charge >= 0.3 is 0 Å². The van der Waals surface area contributed by atoms with Crippen LogP contribution in [-0.4, -0.2) is 92.8 Å². The number of hydrogen-bond donors (Lipinski definition) is 2. The predicted molar refractivity (Wildman–Crippen MR) is 109 cm³/mol. The van der Waals surface area contributed by atoms with Gasteiger partial charge in [-0.3, -0.25) is 9.59 Å². The van der Waals surface area contributed by atoms with Crippen molar-refractivity contribution in [2.45, 2.75) is 33.2 Å². The lowest BCUT2D eigenvalue weighted by Crippen LogP contribution is -2.28. The first-order valence-electron chi connectivity index (χ1n) is 10.3. The third kappa shape index (κ3) is 14.9. The van der Waals surface area contributed by atoms with Gasteiger partial charge in [0, 0.05) is 32.1 Å².